The highest BCUT2D eigenvalue weighted by Gasteiger charge is 2.44. The molecule has 5 nitrogen and oxygen atoms in total. The van der Waals surface area contributed by atoms with Crippen molar-refractivity contribution in [3.63, 3.8) is 0 Å². The van der Waals surface area contributed by atoms with E-state index in [2.05, 4.69) is 4.90 Å². The van der Waals surface area contributed by atoms with E-state index in [4.69, 9.17) is 0 Å². The van der Waals surface area contributed by atoms with Gasteiger partial charge in [-0.25, -0.2) is 0 Å². The number of piperazine rings is 1. The molecule has 0 aromatic heterocycles. The summed E-state index contributed by atoms with van der Waals surface area (Å²) in [7, 11) is 0. The molecule has 146 valence electrons. The third-order valence-electron chi connectivity index (χ3n) is 6.70. The van der Waals surface area contributed by atoms with Crippen molar-refractivity contribution in [3.8, 4) is 0 Å². The second kappa shape index (κ2) is 7.27. The van der Waals surface area contributed by atoms with Crippen molar-refractivity contribution in [2.24, 2.45) is 0 Å². The molecule has 2 aliphatic heterocycles. The number of carbonyl (C=O) groups excluding carboxylic acids is 2. The first-order chi connectivity index (χ1) is 13.0. The molecule has 0 bridgehead atoms. The number of amides is 2. The van der Waals surface area contributed by atoms with Crippen LogP contribution < -0.4 is 4.90 Å². The topological polar surface area (TPSA) is 43.9 Å². The zero-order valence-corrected chi connectivity index (χ0v) is 16.6. The van der Waals surface area contributed by atoms with Gasteiger partial charge in [-0.2, -0.15) is 0 Å². The van der Waals surface area contributed by atoms with Gasteiger partial charge in [-0.05, 0) is 38.3 Å². The Morgan fingerprint density at radius 3 is 2.41 bits per heavy atom. The summed E-state index contributed by atoms with van der Waals surface area (Å²) in [6.07, 6.45) is 6.67. The van der Waals surface area contributed by atoms with Gasteiger partial charge in [0.05, 0.1) is 5.41 Å². The van der Waals surface area contributed by atoms with Crippen LogP contribution in [0, 0.1) is 0 Å². The van der Waals surface area contributed by atoms with Crippen molar-refractivity contribution < 1.29 is 9.59 Å². The van der Waals surface area contributed by atoms with Gasteiger partial charge in [0, 0.05) is 37.9 Å². The van der Waals surface area contributed by atoms with E-state index in [1.165, 1.54) is 32.1 Å². The lowest BCUT2D eigenvalue weighted by atomic mass is 9.86. The summed E-state index contributed by atoms with van der Waals surface area (Å²) in [5, 5.41) is 0. The lowest BCUT2D eigenvalue weighted by molar-refractivity contribution is -0.133. The van der Waals surface area contributed by atoms with Crippen LogP contribution in [0.3, 0.4) is 0 Å². The highest BCUT2D eigenvalue weighted by molar-refractivity contribution is 6.10. The van der Waals surface area contributed by atoms with Gasteiger partial charge in [0.2, 0.25) is 11.8 Å². The molecule has 2 amide bonds. The first kappa shape index (κ1) is 18.5. The predicted octanol–water partition coefficient (Wildman–Crippen LogP) is 2.79. The number of rotatable bonds is 3. The minimum atomic E-state index is -0.559. The number of hydrogen-bond acceptors (Lipinski definition) is 3. The smallest absolute Gasteiger partial charge is 0.242 e. The molecule has 0 spiro atoms. The van der Waals surface area contributed by atoms with Crippen molar-refractivity contribution in [2.45, 2.75) is 57.4 Å². The largest absolute Gasteiger partial charge is 0.339 e. The molecule has 1 aliphatic carbocycles. The molecule has 1 saturated carbocycles. The Morgan fingerprint density at radius 2 is 1.70 bits per heavy atom. The Labute approximate surface area is 162 Å². The van der Waals surface area contributed by atoms with Crippen molar-refractivity contribution in [2.75, 3.05) is 37.6 Å². The molecule has 2 fully saturated rings. The van der Waals surface area contributed by atoms with Gasteiger partial charge in [-0.3, -0.25) is 14.5 Å². The fourth-order valence-corrected chi connectivity index (χ4v) is 4.97. The van der Waals surface area contributed by atoms with E-state index in [0.717, 1.165) is 37.4 Å². The highest BCUT2D eigenvalue weighted by atomic mass is 16.2. The second-order valence-electron chi connectivity index (χ2n) is 8.74. The van der Waals surface area contributed by atoms with Gasteiger partial charge >= 0.3 is 0 Å². The number of fused-ring (bicyclic) bond motifs is 1. The lowest BCUT2D eigenvalue weighted by Crippen LogP contribution is -2.54. The van der Waals surface area contributed by atoms with Crippen LogP contribution in [-0.2, 0) is 15.0 Å². The Bertz CT molecular complexity index is 716. The zero-order chi connectivity index (χ0) is 19.0. The first-order valence-corrected chi connectivity index (χ1v) is 10.4. The van der Waals surface area contributed by atoms with E-state index in [1.807, 2.05) is 43.0 Å². The van der Waals surface area contributed by atoms with Crippen molar-refractivity contribution in [1.29, 1.82) is 0 Å². The summed E-state index contributed by atoms with van der Waals surface area (Å²) < 4.78 is 0. The number of benzene rings is 1. The van der Waals surface area contributed by atoms with E-state index < -0.39 is 5.41 Å². The Balaban J connectivity index is 1.38. The maximum Gasteiger partial charge on any atom is 0.242 e. The van der Waals surface area contributed by atoms with Crippen LogP contribution in [0.2, 0.25) is 0 Å². The van der Waals surface area contributed by atoms with Crippen LogP contribution in [0.1, 0.15) is 51.5 Å². The standard InChI is InChI=1S/C22H31N3O2/c1-22(2)18-10-6-7-11-19(18)25(21(22)27)16-20(26)24-14-12-23(13-15-24)17-8-4-3-5-9-17/h6-7,10-11,17H,3-5,8-9,12-16H2,1-2H3. The Kier molecular flexibility index (Phi) is 4.97. The van der Waals surface area contributed by atoms with Gasteiger partial charge in [-0.1, -0.05) is 37.5 Å². The van der Waals surface area contributed by atoms with Crippen LogP contribution in [0.4, 0.5) is 5.69 Å². The van der Waals surface area contributed by atoms with Gasteiger partial charge in [0.15, 0.2) is 0 Å². The minimum Gasteiger partial charge on any atom is -0.339 e. The molecule has 0 radical (unpaired) electrons. The molecule has 4 rings (SSSR count). The molecule has 0 atom stereocenters. The van der Waals surface area contributed by atoms with Crippen molar-refractivity contribution in [1.82, 2.24) is 9.80 Å². The molecule has 1 aromatic rings. The molecule has 0 unspecified atom stereocenters. The average molecular weight is 370 g/mol. The molecular weight excluding hydrogens is 338 g/mol. The van der Waals surface area contributed by atoms with Crippen LogP contribution >= 0.6 is 0 Å². The van der Waals surface area contributed by atoms with E-state index >= 15 is 0 Å². The number of anilines is 1. The Morgan fingerprint density at radius 1 is 1.04 bits per heavy atom. The summed E-state index contributed by atoms with van der Waals surface area (Å²) in [6.45, 7) is 7.54. The van der Waals surface area contributed by atoms with Crippen molar-refractivity contribution >= 4 is 17.5 Å². The molecule has 1 aromatic carbocycles. The normalized spacial score (nSPS) is 23.6. The summed E-state index contributed by atoms with van der Waals surface area (Å²) in [4.78, 5) is 32.0. The second-order valence-corrected chi connectivity index (χ2v) is 8.74. The van der Waals surface area contributed by atoms with Gasteiger partial charge < -0.3 is 9.80 Å². The van der Waals surface area contributed by atoms with Crippen LogP contribution in [0.5, 0.6) is 0 Å². The van der Waals surface area contributed by atoms with Crippen LogP contribution in [0.15, 0.2) is 24.3 Å². The molecule has 1 saturated heterocycles. The monoisotopic (exact) mass is 369 g/mol. The molecular formula is C22H31N3O2. The van der Waals surface area contributed by atoms with E-state index in [0.29, 0.717) is 6.04 Å². The summed E-state index contributed by atoms with van der Waals surface area (Å²) in [5.41, 5.74) is 1.35. The molecule has 3 aliphatic rings. The van der Waals surface area contributed by atoms with Crippen molar-refractivity contribution in [3.05, 3.63) is 29.8 Å². The number of hydrogen-bond donors (Lipinski definition) is 0. The third-order valence-corrected chi connectivity index (χ3v) is 6.70. The lowest BCUT2D eigenvalue weighted by Gasteiger charge is -2.41. The molecule has 0 N–H and O–H groups in total. The third kappa shape index (κ3) is 3.38. The minimum absolute atomic E-state index is 0.0258. The summed E-state index contributed by atoms with van der Waals surface area (Å²) in [6, 6.07) is 8.57. The highest BCUT2D eigenvalue weighted by Crippen LogP contribution is 2.41. The van der Waals surface area contributed by atoms with Gasteiger partial charge in [0.25, 0.3) is 0 Å². The fourth-order valence-electron chi connectivity index (χ4n) is 4.97. The van der Waals surface area contributed by atoms with Gasteiger partial charge in [-0.15, -0.1) is 0 Å². The van der Waals surface area contributed by atoms with E-state index in [9.17, 15) is 9.59 Å². The van der Waals surface area contributed by atoms with E-state index in [-0.39, 0.29) is 18.4 Å². The fraction of sp³-hybridized carbons (Fsp3) is 0.636. The summed E-state index contributed by atoms with van der Waals surface area (Å²) >= 11 is 0. The number of para-hydroxylation sites is 1. The molecule has 5 heteroatoms. The Hall–Kier alpha value is -1.88. The number of carbonyl (C=O) groups is 2. The quantitative estimate of drug-likeness (QED) is 0.823. The predicted molar refractivity (Wildman–Crippen MR) is 107 cm³/mol. The van der Waals surface area contributed by atoms with Crippen LogP contribution in [-0.4, -0.2) is 60.4 Å². The maximum absolute atomic E-state index is 12.9. The molecule has 2 heterocycles. The number of nitrogens with zero attached hydrogens (tertiary/aromatic N) is 3. The van der Waals surface area contributed by atoms with E-state index in [1.54, 1.807) is 4.90 Å². The maximum atomic E-state index is 12.9. The summed E-state index contributed by atoms with van der Waals surface area (Å²) in [5.74, 6) is 0.0945. The van der Waals surface area contributed by atoms with Crippen LogP contribution in [0.25, 0.3) is 0 Å². The first-order valence-electron chi connectivity index (χ1n) is 10.4. The average Bonchev–Trinajstić information content (AvgIpc) is 2.90. The zero-order valence-electron chi connectivity index (χ0n) is 16.6. The molecule has 27 heavy (non-hydrogen) atoms. The SMILES string of the molecule is CC1(C)C(=O)N(CC(=O)N2CCN(C3CCCCC3)CC2)c2ccccc21. The van der Waals surface area contributed by atoms with Gasteiger partial charge in [0.1, 0.15) is 6.54 Å².